The molecule has 0 spiro atoms. The van der Waals surface area contributed by atoms with Crippen molar-refractivity contribution in [1.82, 2.24) is 5.32 Å². The molecule has 1 amide bonds. The second-order valence-electron chi connectivity index (χ2n) is 7.07. The summed E-state index contributed by atoms with van der Waals surface area (Å²) in [4.78, 5) is 36.8. The molecule has 2 N–H and O–H groups in total. The summed E-state index contributed by atoms with van der Waals surface area (Å²) in [5.74, 6) is -2.53. The number of hydrogen-bond acceptors (Lipinski definition) is 5. The molecule has 0 heterocycles. The van der Waals surface area contributed by atoms with E-state index in [9.17, 15) is 19.5 Å². The lowest BCUT2D eigenvalue weighted by molar-refractivity contribution is -0.140. The number of halogens is 1. The summed E-state index contributed by atoms with van der Waals surface area (Å²) in [6.45, 7) is 3.79. The Kier molecular flexibility index (Phi) is 9.77. The molecule has 2 aromatic rings. The van der Waals surface area contributed by atoms with Gasteiger partial charge in [-0.05, 0) is 17.5 Å². The molecule has 166 valence electrons. The van der Waals surface area contributed by atoms with Gasteiger partial charge in [0.2, 0.25) is 0 Å². The predicted molar refractivity (Wildman–Crippen MR) is 124 cm³/mol. The number of carbonyl (C=O) groups excluding carboxylic acids is 2. The molecule has 8 heteroatoms. The second-order valence-corrected chi connectivity index (χ2v) is 7.95. The van der Waals surface area contributed by atoms with Crippen LogP contribution < -0.4 is 10.1 Å². The largest absolute Gasteiger partial charge is 0.481 e. The summed E-state index contributed by atoms with van der Waals surface area (Å²) in [6.07, 6.45) is -0.110. The molecule has 0 saturated carbocycles. The number of ether oxygens (including phenoxy) is 2. The molecular formula is C23H26INO6. The number of rotatable bonds is 10. The van der Waals surface area contributed by atoms with Crippen molar-refractivity contribution in [3.8, 4) is 5.75 Å². The van der Waals surface area contributed by atoms with Crippen LogP contribution in [0.5, 0.6) is 5.75 Å². The lowest BCUT2D eigenvalue weighted by Crippen LogP contribution is -2.47. The highest BCUT2D eigenvalue weighted by molar-refractivity contribution is 14.1. The van der Waals surface area contributed by atoms with Crippen molar-refractivity contribution in [2.45, 2.75) is 38.8 Å². The molecule has 0 aliphatic heterocycles. The summed E-state index contributed by atoms with van der Waals surface area (Å²) in [5, 5.41) is 12.1. The Hall–Kier alpha value is -2.62. The molecule has 1 unspecified atom stereocenters. The van der Waals surface area contributed by atoms with E-state index in [0.29, 0.717) is 16.4 Å². The Morgan fingerprint density at radius 1 is 1.06 bits per heavy atom. The summed E-state index contributed by atoms with van der Waals surface area (Å²) < 4.78 is 11.1. The lowest BCUT2D eigenvalue weighted by Gasteiger charge is -2.23. The van der Waals surface area contributed by atoms with E-state index in [0.717, 1.165) is 5.56 Å². The van der Waals surface area contributed by atoms with Crippen LogP contribution in [0.25, 0.3) is 0 Å². The van der Waals surface area contributed by atoms with Gasteiger partial charge in [0.1, 0.15) is 18.4 Å². The van der Waals surface area contributed by atoms with Gasteiger partial charge in [0.15, 0.2) is 0 Å². The van der Waals surface area contributed by atoms with E-state index in [1.165, 1.54) is 0 Å². The van der Waals surface area contributed by atoms with Crippen molar-refractivity contribution >= 4 is 40.6 Å². The molecule has 0 radical (unpaired) electrons. The lowest BCUT2D eigenvalue weighted by atomic mass is 9.98. The van der Waals surface area contributed by atoms with Crippen LogP contribution in [0, 0.1) is 5.92 Å². The minimum absolute atomic E-state index is 0.0771. The van der Waals surface area contributed by atoms with E-state index < -0.39 is 30.0 Å². The Morgan fingerprint density at radius 2 is 1.71 bits per heavy atom. The number of esters is 1. The van der Waals surface area contributed by atoms with E-state index in [1.807, 2.05) is 66.8 Å². The molecule has 3 atom stereocenters. The number of para-hydroxylation sites is 1. The van der Waals surface area contributed by atoms with Crippen LogP contribution in [0.15, 0.2) is 54.6 Å². The normalized spacial score (nSPS) is 13.5. The maximum absolute atomic E-state index is 12.9. The average molecular weight is 539 g/mol. The first-order valence-electron chi connectivity index (χ1n) is 9.93. The van der Waals surface area contributed by atoms with Crippen molar-refractivity contribution < 1.29 is 29.0 Å². The maximum Gasteiger partial charge on any atom is 0.408 e. The van der Waals surface area contributed by atoms with Crippen LogP contribution in [-0.4, -0.2) is 33.6 Å². The molecule has 0 aromatic heterocycles. The summed E-state index contributed by atoms with van der Waals surface area (Å²) >= 11 is 1.98. The van der Waals surface area contributed by atoms with Crippen molar-refractivity contribution in [3.63, 3.8) is 0 Å². The zero-order chi connectivity index (χ0) is 22.8. The van der Waals surface area contributed by atoms with Gasteiger partial charge in [-0.15, -0.1) is 0 Å². The van der Waals surface area contributed by atoms with Gasteiger partial charge < -0.3 is 19.9 Å². The monoisotopic (exact) mass is 539 g/mol. The molecule has 7 nitrogen and oxygen atoms in total. The number of carboxylic acid groups (broad SMARTS) is 1. The zero-order valence-corrected chi connectivity index (χ0v) is 19.6. The highest BCUT2D eigenvalue weighted by Gasteiger charge is 2.30. The third-order valence-corrected chi connectivity index (χ3v) is 5.79. The second kappa shape index (κ2) is 12.3. The average Bonchev–Trinajstić information content (AvgIpc) is 2.77. The Morgan fingerprint density at radius 3 is 2.32 bits per heavy atom. The van der Waals surface area contributed by atoms with Crippen LogP contribution >= 0.6 is 22.6 Å². The number of aliphatic carboxylic acids is 1. The molecule has 0 aliphatic rings. The van der Waals surface area contributed by atoms with Crippen molar-refractivity contribution in [3.05, 3.63) is 65.7 Å². The van der Waals surface area contributed by atoms with Crippen LogP contribution in [0.1, 0.15) is 37.3 Å². The fourth-order valence-electron chi connectivity index (χ4n) is 2.88. The third-order valence-electron chi connectivity index (χ3n) is 4.91. The number of benzene rings is 2. The van der Waals surface area contributed by atoms with Gasteiger partial charge in [-0.2, -0.15) is 0 Å². The fraction of sp³-hybridized carbons (Fsp3) is 0.348. The van der Waals surface area contributed by atoms with Gasteiger partial charge in [-0.1, -0.05) is 91.4 Å². The van der Waals surface area contributed by atoms with E-state index >= 15 is 0 Å². The van der Waals surface area contributed by atoms with Gasteiger partial charge in [-0.25, -0.2) is 9.59 Å². The van der Waals surface area contributed by atoms with Gasteiger partial charge in [-0.3, -0.25) is 4.79 Å². The number of alkyl halides is 1. The van der Waals surface area contributed by atoms with E-state index in [-0.39, 0.29) is 18.3 Å². The Labute approximate surface area is 195 Å². The molecule has 2 rings (SSSR count). The molecular weight excluding hydrogens is 513 g/mol. The minimum atomic E-state index is -1.00. The van der Waals surface area contributed by atoms with Crippen molar-refractivity contribution in [1.29, 1.82) is 0 Å². The topological polar surface area (TPSA) is 102 Å². The van der Waals surface area contributed by atoms with Gasteiger partial charge >= 0.3 is 18.0 Å². The number of hydrogen-bond donors (Lipinski definition) is 2. The van der Waals surface area contributed by atoms with Gasteiger partial charge in [0.25, 0.3) is 0 Å². The summed E-state index contributed by atoms with van der Waals surface area (Å²) in [6, 6.07) is 14.8. The quantitative estimate of drug-likeness (QED) is 0.199. The Balaban J connectivity index is 2.12. The summed E-state index contributed by atoms with van der Waals surface area (Å²) in [7, 11) is 0. The van der Waals surface area contributed by atoms with Gasteiger partial charge in [0, 0.05) is 9.99 Å². The smallest absolute Gasteiger partial charge is 0.408 e. The van der Waals surface area contributed by atoms with Crippen LogP contribution in [0.3, 0.4) is 0 Å². The zero-order valence-electron chi connectivity index (χ0n) is 17.4. The molecule has 0 bridgehead atoms. The molecule has 2 aromatic carbocycles. The minimum Gasteiger partial charge on any atom is -0.481 e. The van der Waals surface area contributed by atoms with Crippen molar-refractivity contribution in [2.24, 2.45) is 5.92 Å². The number of carboxylic acids is 1. The standard InChI is InChI=1S/C23H26INO6/c1-3-15(2)20(25-23(29)30-14-16-9-5-4-6-10-16)22(28)31-19-12-8-7-11-17(19)18(13-24)21(26)27/h4-12,15,18,20H,3,13-14H2,1-2H3,(H,25,29)(H,26,27)/t15-,18?,20-/m0/s1. The Bertz CT molecular complexity index is 889. The summed E-state index contributed by atoms with van der Waals surface area (Å²) in [5.41, 5.74) is 1.24. The first kappa shape index (κ1) is 24.6. The maximum atomic E-state index is 12.9. The van der Waals surface area contributed by atoms with Crippen LogP contribution in [0.4, 0.5) is 4.79 Å². The third kappa shape index (κ3) is 7.23. The molecule has 0 saturated heterocycles. The van der Waals surface area contributed by atoms with Gasteiger partial charge in [0.05, 0.1) is 5.92 Å². The van der Waals surface area contributed by atoms with Crippen LogP contribution in [-0.2, 0) is 20.9 Å². The fourth-order valence-corrected chi connectivity index (χ4v) is 3.73. The van der Waals surface area contributed by atoms with E-state index in [1.54, 1.807) is 24.3 Å². The van der Waals surface area contributed by atoms with Crippen LogP contribution in [0.2, 0.25) is 0 Å². The first-order chi connectivity index (χ1) is 14.9. The molecule has 0 fully saturated rings. The predicted octanol–water partition coefficient (Wildman–Crippen LogP) is 4.54. The number of amides is 1. The SMILES string of the molecule is CC[C@H](C)[C@H](NC(=O)OCc1ccccc1)C(=O)Oc1ccccc1C(CI)C(=O)O. The number of carbonyl (C=O) groups is 3. The molecule has 0 aliphatic carbocycles. The molecule has 31 heavy (non-hydrogen) atoms. The first-order valence-corrected chi connectivity index (χ1v) is 11.5. The van der Waals surface area contributed by atoms with Crippen molar-refractivity contribution in [2.75, 3.05) is 4.43 Å². The number of alkyl carbamates (subject to hydrolysis) is 1. The highest BCUT2D eigenvalue weighted by Crippen LogP contribution is 2.29. The highest BCUT2D eigenvalue weighted by atomic mass is 127. The van der Waals surface area contributed by atoms with E-state index in [2.05, 4.69) is 5.32 Å². The number of nitrogens with one attached hydrogen (secondary N) is 1. The van der Waals surface area contributed by atoms with E-state index in [4.69, 9.17) is 9.47 Å².